The molecule has 0 aliphatic rings. The molecule has 3 aromatic rings. The summed E-state index contributed by atoms with van der Waals surface area (Å²) in [6, 6.07) is 8.16. The number of nitrogens with zero attached hydrogens (tertiary/aromatic N) is 2. The van der Waals surface area contributed by atoms with Crippen molar-refractivity contribution >= 4 is 21.6 Å². The Morgan fingerprint density at radius 3 is 2.86 bits per heavy atom. The van der Waals surface area contributed by atoms with Gasteiger partial charge in [-0.2, -0.15) is 0 Å². The second kappa shape index (κ2) is 6.40. The first-order valence-electron chi connectivity index (χ1n) is 7.38. The number of unbranched alkanes of at least 4 members (excludes halogenated alkanes) is 1. The van der Waals surface area contributed by atoms with Crippen molar-refractivity contribution in [2.75, 3.05) is 0 Å². The number of hydrogen-bond acceptors (Lipinski definition) is 4. The van der Waals surface area contributed by atoms with Gasteiger partial charge in [-0.05, 0) is 37.1 Å². The van der Waals surface area contributed by atoms with Crippen LogP contribution in [-0.2, 0) is 12.8 Å². The largest absolute Gasteiger partial charge is 0.506 e. The van der Waals surface area contributed by atoms with E-state index in [9.17, 15) is 9.50 Å². The molecule has 0 atom stereocenters. The van der Waals surface area contributed by atoms with E-state index in [1.54, 1.807) is 12.1 Å². The highest BCUT2D eigenvalue weighted by Crippen LogP contribution is 2.26. The maximum Gasteiger partial charge on any atom is 0.137 e. The number of benzene rings is 1. The molecule has 2 aromatic heterocycles. The average Bonchev–Trinajstić information content (AvgIpc) is 2.89. The van der Waals surface area contributed by atoms with Gasteiger partial charge in [-0.15, -0.1) is 11.3 Å². The number of aromatic nitrogens is 2. The molecule has 0 saturated heterocycles. The highest BCUT2D eigenvalue weighted by molar-refractivity contribution is 7.18. The molecular weight excluding hydrogens is 299 g/mol. The van der Waals surface area contributed by atoms with Crippen LogP contribution in [0.2, 0.25) is 0 Å². The van der Waals surface area contributed by atoms with Crippen molar-refractivity contribution in [3.63, 3.8) is 0 Å². The fourth-order valence-electron chi connectivity index (χ4n) is 2.33. The third kappa shape index (κ3) is 3.25. The molecule has 0 saturated carbocycles. The Balaban J connectivity index is 1.87. The van der Waals surface area contributed by atoms with E-state index < -0.39 is 0 Å². The first kappa shape index (κ1) is 14.9. The summed E-state index contributed by atoms with van der Waals surface area (Å²) in [7, 11) is 0. The van der Waals surface area contributed by atoms with E-state index >= 15 is 0 Å². The van der Waals surface area contributed by atoms with Gasteiger partial charge in [0.15, 0.2) is 0 Å². The van der Waals surface area contributed by atoms with Gasteiger partial charge in [-0.1, -0.05) is 13.3 Å². The van der Waals surface area contributed by atoms with Gasteiger partial charge in [-0.3, -0.25) is 4.98 Å². The predicted octanol–water partition coefficient (Wildman–Crippen LogP) is 4.47. The normalized spacial score (nSPS) is 11.2. The van der Waals surface area contributed by atoms with Crippen LogP contribution in [0.3, 0.4) is 0 Å². The fourth-order valence-corrected chi connectivity index (χ4v) is 3.29. The lowest BCUT2D eigenvalue weighted by Crippen LogP contribution is -1.97. The van der Waals surface area contributed by atoms with Gasteiger partial charge >= 0.3 is 0 Å². The van der Waals surface area contributed by atoms with Gasteiger partial charge in [0.2, 0.25) is 0 Å². The lowest BCUT2D eigenvalue weighted by molar-refractivity contribution is 0.464. The van der Waals surface area contributed by atoms with E-state index in [1.807, 2.05) is 6.07 Å². The minimum atomic E-state index is -0.285. The first-order valence-corrected chi connectivity index (χ1v) is 8.20. The topological polar surface area (TPSA) is 46.0 Å². The van der Waals surface area contributed by atoms with Gasteiger partial charge in [0.05, 0.1) is 20.9 Å². The molecular formula is C17H17FN2OS. The molecule has 1 N–H and O–H groups in total. The monoisotopic (exact) mass is 316 g/mol. The molecule has 0 spiro atoms. The number of thiazole rings is 1. The van der Waals surface area contributed by atoms with Crippen molar-refractivity contribution in [2.24, 2.45) is 0 Å². The zero-order valence-electron chi connectivity index (χ0n) is 12.3. The molecule has 0 bridgehead atoms. The van der Waals surface area contributed by atoms with Gasteiger partial charge < -0.3 is 5.11 Å². The summed E-state index contributed by atoms with van der Waals surface area (Å²) in [5.41, 5.74) is 2.27. The van der Waals surface area contributed by atoms with Crippen LogP contribution < -0.4 is 0 Å². The molecule has 0 aliphatic heterocycles. The van der Waals surface area contributed by atoms with Crippen molar-refractivity contribution in [3.05, 3.63) is 52.5 Å². The van der Waals surface area contributed by atoms with E-state index in [1.165, 1.54) is 23.5 Å². The SMILES string of the molecule is CCCCc1ccc(O)c(Cc2nc3cc(F)ccc3s2)n1. The Kier molecular flexibility index (Phi) is 4.34. The summed E-state index contributed by atoms with van der Waals surface area (Å²) >= 11 is 1.50. The minimum Gasteiger partial charge on any atom is -0.506 e. The number of hydrogen-bond donors (Lipinski definition) is 1. The maximum atomic E-state index is 13.2. The van der Waals surface area contributed by atoms with Crippen molar-refractivity contribution in [1.29, 1.82) is 0 Å². The molecule has 0 radical (unpaired) electrons. The Labute approximate surface area is 132 Å². The Hall–Kier alpha value is -2.01. The van der Waals surface area contributed by atoms with Crippen LogP contribution in [0, 0.1) is 5.82 Å². The van der Waals surface area contributed by atoms with Crippen LogP contribution in [0.25, 0.3) is 10.2 Å². The van der Waals surface area contributed by atoms with E-state index in [0.29, 0.717) is 17.6 Å². The van der Waals surface area contributed by atoms with Crippen molar-refractivity contribution in [3.8, 4) is 5.75 Å². The molecule has 0 amide bonds. The summed E-state index contributed by atoms with van der Waals surface area (Å²) in [5, 5.41) is 10.8. The standard InChI is InChI=1S/C17H17FN2OS/c1-2-3-4-12-6-7-15(21)13(19-12)10-17-20-14-9-11(18)5-8-16(14)22-17/h5-9,21H,2-4,10H2,1H3. The number of fused-ring (bicyclic) bond motifs is 1. The van der Waals surface area contributed by atoms with Gasteiger partial charge in [0.25, 0.3) is 0 Å². The molecule has 114 valence electrons. The Morgan fingerprint density at radius 2 is 2.05 bits per heavy atom. The van der Waals surface area contributed by atoms with E-state index in [-0.39, 0.29) is 11.6 Å². The number of pyridine rings is 1. The third-order valence-corrected chi connectivity index (χ3v) is 4.54. The molecule has 0 unspecified atom stereocenters. The smallest absolute Gasteiger partial charge is 0.137 e. The van der Waals surface area contributed by atoms with Crippen LogP contribution in [0.4, 0.5) is 4.39 Å². The summed E-state index contributed by atoms with van der Waals surface area (Å²) < 4.78 is 14.2. The first-order chi connectivity index (χ1) is 10.7. The minimum absolute atomic E-state index is 0.186. The summed E-state index contributed by atoms with van der Waals surface area (Å²) in [6.45, 7) is 2.14. The quantitative estimate of drug-likeness (QED) is 0.755. The summed E-state index contributed by atoms with van der Waals surface area (Å²) in [5.74, 6) is -0.0995. The zero-order chi connectivity index (χ0) is 15.5. The number of aromatic hydroxyl groups is 1. The molecule has 5 heteroatoms. The molecule has 3 nitrogen and oxygen atoms in total. The second-order valence-corrected chi connectivity index (χ2v) is 6.38. The lowest BCUT2D eigenvalue weighted by Gasteiger charge is -2.05. The number of aryl methyl sites for hydroxylation is 1. The van der Waals surface area contributed by atoms with E-state index in [2.05, 4.69) is 16.9 Å². The summed E-state index contributed by atoms with van der Waals surface area (Å²) in [4.78, 5) is 8.96. The van der Waals surface area contributed by atoms with Crippen molar-refractivity contribution in [1.82, 2.24) is 9.97 Å². The number of halogens is 1. The van der Waals surface area contributed by atoms with Gasteiger partial charge in [-0.25, -0.2) is 9.37 Å². The van der Waals surface area contributed by atoms with E-state index in [0.717, 1.165) is 34.7 Å². The van der Waals surface area contributed by atoms with Gasteiger partial charge in [0.1, 0.15) is 11.6 Å². The number of rotatable bonds is 5. The predicted molar refractivity (Wildman–Crippen MR) is 86.9 cm³/mol. The van der Waals surface area contributed by atoms with Crippen LogP contribution >= 0.6 is 11.3 Å². The highest BCUT2D eigenvalue weighted by atomic mass is 32.1. The Morgan fingerprint density at radius 1 is 1.18 bits per heavy atom. The third-order valence-electron chi connectivity index (χ3n) is 3.51. The molecule has 22 heavy (non-hydrogen) atoms. The Bertz CT molecular complexity index is 800. The van der Waals surface area contributed by atoms with Crippen LogP contribution in [0.15, 0.2) is 30.3 Å². The van der Waals surface area contributed by atoms with Crippen molar-refractivity contribution in [2.45, 2.75) is 32.6 Å². The molecule has 2 heterocycles. The highest BCUT2D eigenvalue weighted by Gasteiger charge is 2.10. The van der Waals surface area contributed by atoms with Crippen LogP contribution in [-0.4, -0.2) is 15.1 Å². The molecule has 0 aliphatic carbocycles. The fraction of sp³-hybridized carbons (Fsp3) is 0.294. The average molecular weight is 316 g/mol. The zero-order valence-corrected chi connectivity index (χ0v) is 13.2. The van der Waals surface area contributed by atoms with Gasteiger partial charge in [0, 0.05) is 18.2 Å². The molecule has 1 aromatic carbocycles. The maximum absolute atomic E-state index is 13.2. The van der Waals surface area contributed by atoms with E-state index in [4.69, 9.17) is 0 Å². The summed E-state index contributed by atoms with van der Waals surface area (Å²) in [6.07, 6.45) is 3.57. The molecule has 0 fully saturated rings. The second-order valence-electron chi connectivity index (χ2n) is 5.27. The molecule has 3 rings (SSSR count). The lowest BCUT2D eigenvalue weighted by atomic mass is 10.1. The van der Waals surface area contributed by atoms with Crippen LogP contribution in [0.5, 0.6) is 5.75 Å². The van der Waals surface area contributed by atoms with Crippen molar-refractivity contribution < 1.29 is 9.50 Å². The van der Waals surface area contributed by atoms with Crippen LogP contribution in [0.1, 0.15) is 36.2 Å².